The molecule has 0 amide bonds. The Morgan fingerprint density at radius 2 is 2.33 bits per heavy atom. The van der Waals surface area contributed by atoms with Crippen LogP contribution in [0, 0.1) is 0 Å². The molecular formula is C12H21NO2. The van der Waals surface area contributed by atoms with Crippen LogP contribution in [0.5, 0.6) is 0 Å². The van der Waals surface area contributed by atoms with Crippen molar-refractivity contribution in [3.8, 4) is 0 Å². The van der Waals surface area contributed by atoms with Crippen LogP contribution in [0.3, 0.4) is 0 Å². The number of hydrogen-bond donors (Lipinski definition) is 1. The monoisotopic (exact) mass is 211 g/mol. The lowest BCUT2D eigenvalue weighted by Crippen LogP contribution is -2.21. The molecule has 0 bridgehead atoms. The number of ether oxygens (including phenoxy) is 1. The molecule has 86 valence electrons. The van der Waals surface area contributed by atoms with Gasteiger partial charge in [-0.15, -0.1) is 0 Å². The number of hydrogen-bond acceptors (Lipinski definition) is 3. The van der Waals surface area contributed by atoms with Crippen LogP contribution < -0.4 is 5.32 Å². The van der Waals surface area contributed by atoms with Gasteiger partial charge in [-0.05, 0) is 45.0 Å². The molecule has 3 nitrogen and oxygen atoms in total. The smallest absolute Gasteiger partial charge is 0.129 e. The summed E-state index contributed by atoms with van der Waals surface area (Å²) in [7, 11) is 0. The maximum Gasteiger partial charge on any atom is 0.129 e. The summed E-state index contributed by atoms with van der Waals surface area (Å²) in [5, 5.41) is 3.36. The van der Waals surface area contributed by atoms with E-state index in [0.717, 1.165) is 25.3 Å². The predicted molar refractivity (Wildman–Crippen MR) is 60.7 cm³/mol. The average Bonchev–Trinajstić information content (AvgIpc) is 2.74. The quantitative estimate of drug-likeness (QED) is 0.671. The van der Waals surface area contributed by atoms with Gasteiger partial charge < -0.3 is 14.5 Å². The number of rotatable bonds is 8. The van der Waals surface area contributed by atoms with E-state index in [1.807, 2.05) is 12.1 Å². The van der Waals surface area contributed by atoms with E-state index in [1.165, 1.54) is 6.42 Å². The third-order valence-electron chi connectivity index (χ3n) is 2.24. The Morgan fingerprint density at radius 1 is 1.47 bits per heavy atom. The minimum absolute atomic E-state index is 0.277. The molecule has 0 radical (unpaired) electrons. The Bertz CT molecular complexity index is 234. The first-order valence-corrected chi connectivity index (χ1v) is 5.67. The maximum absolute atomic E-state index is 5.63. The molecule has 0 aliphatic heterocycles. The third kappa shape index (κ3) is 5.60. The van der Waals surface area contributed by atoms with Crippen LogP contribution in [0.1, 0.15) is 32.4 Å². The van der Waals surface area contributed by atoms with Gasteiger partial charge in [0, 0.05) is 0 Å². The van der Waals surface area contributed by atoms with Crippen molar-refractivity contribution < 1.29 is 9.15 Å². The molecule has 1 unspecified atom stereocenters. The number of nitrogens with one attached hydrogen (secondary N) is 1. The van der Waals surface area contributed by atoms with Gasteiger partial charge in [-0.2, -0.15) is 0 Å². The van der Waals surface area contributed by atoms with E-state index < -0.39 is 0 Å². The van der Waals surface area contributed by atoms with Crippen LogP contribution in [0.2, 0.25) is 0 Å². The molecule has 15 heavy (non-hydrogen) atoms. The molecule has 1 N–H and O–H groups in total. The van der Waals surface area contributed by atoms with Gasteiger partial charge in [0.05, 0.1) is 12.4 Å². The highest BCUT2D eigenvalue weighted by Gasteiger charge is 2.03. The summed E-state index contributed by atoms with van der Waals surface area (Å²) < 4.78 is 10.8. The summed E-state index contributed by atoms with van der Waals surface area (Å²) in [6.45, 7) is 6.94. The SMILES string of the molecule is CCCNCCC(C)OCc1ccco1. The first-order valence-electron chi connectivity index (χ1n) is 5.67. The highest BCUT2D eigenvalue weighted by atomic mass is 16.5. The lowest BCUT2D eigenvalue weighted by Gasteiger charge is -2.12. The van der Waals surface area contributed by atoms with Gasteiger partial charge in [-0.25, -0.2) is 0 Å². The maximum atomic E-state index is 5.63. The zero-order valence-corrected chi connectivity index (χ0v) is 9.66. The Kier molecular flexibility index (Phi) is 6.12. The Labute approximate surface area is 91.8 Å². The fraction of sp³-hybridized carbons (Fsp3) is 0.667. The Balaban J connectivity index is 2.01. The molecule has 1 heterocycles. The summed E-state index contributed by atoms with van der Waals surface area (Å²) in [5.41, 5.74) is 0. The standard InChI is InChI=1S/C12H21NO2/c1-3-7-13-8-6-11(2)15-10-12-5-4-9-14-12/h4-5,9,11,13H,3,6-8,10H2,1-2H3. The molecule has 0 saturated heterocycles. The molecule has 0 spiro atoms. The first-order chi connectivity index (χ1) is 7.33. The highest BCUT2D eigenvalue weighted by Crippen LogP contribution is 2.05. The highest BCUT2D eigenvalue weighted by molar-refractivity contribution is 4.96. The van der Waals surface area contributed by atoms with Crippen molar-refractivity contribution in [1.29, 1.82) is 0 Å². The molecule has 0 aliphatic rings. The summed E-state index contributed by atoms with van der Waals surface area (Å²) in [5.74, 6) is 0.892. The van der Waals surface area contributed by atoms with Crippen molar-refractivity contribution >= 4 is 0 Å². The fourth-order valence-corrected chi connectivity index (χ4v) is 1.31. The molecule has 1 rings (SSSR count). The van der Waals surface area contributed by atoms with E-state index in [9.17, 15) is 0 Å². The van der Waals surface area contributed by atoms with Crippen LogP contribution in [0.4, 0.5) is 0 Å². The summed E-state index contributed by atoms with van der Waals surface area (Å²) >= 11 is 0. The number of furan rings is 1. The Morgan fingerprint density at radius 3 is 3.00 bits per heavy atom. The zero-order valence-electron chi connectivity index (χ0n) is 9.66. The van der Waals surface area contributed by atoms with Crippen LogP contribution in [0.15, 0.2) is 22.8 Å². The van der Waals surface area contributed by atoms with Gasteiger partial charge in [0.1, 0.15) is 12.4 Å². The first kappa shape index (κ1) is 12.3. The molecule has 1 atom stereocenters. The lowest BCUT2D eigenvalue weighted by atomic mass is 10.3. The van der Waals surface area contributed by atoms with Gasteiger partial charge in [-0.1, -0.05) is 6.92 Å². The van der Waals surface area contributed by atoms with Crippen molar-refractivity contribution in [2.24, 2.45) is 0 Å². The lowest BCUT2D eigenvalue weighted by molar-refractivity contribution is 0.0379. The molecule has 0 saturated carbocycles. The topological polar surface area (TPSA) is 34.4 Å². The van der Waals surface area contributed by atoms with Crippen molar-refractivity contribution in [2.75, 3.05) is 13.1 Å². The second-order valence-corrected chi connectivity index (χ2v) is 3.74. The van der Waals surface area contributed by atoms with Gasteiger partial charge >= 0.3 is 0 Å². The van der Waals surface area contributed by atoms with Crippen LogP contribution in [0.25, 0.3) is 0 Å². The van der Waals surface area contributed by atoms with Crippen molar-refractivity contribution in [2.45, 2.75) is 39.4 Å². The van der Waals surface area contributed by atoms with Gasteiger partial charge in [0.2, 0.25) is 0 Å². The molecular weight excluding hydrogens is 190 g/mol. The summed E-state index contributed by atoms with van der Waals surface area (Å²) in [6.07, 6.45) is 4.17. The second-order valence-electron chi connectivity index (χ2n) is 3.74. The van der Waals surface area contributed by atoms with Crippen LogP contribution >= 0.6 is 0 Å². The van der Waals surface area contributed by atoms with E-state index in [-0.39, 0.29) is 6.10 Å². The third-order valence-corrected chi connectivity index (χ3v) is 2.24. The van der Waals surface area contributed by atoms with E-state index in [2.05, 4.69) is 19.2 Å². The Hall–Kier alpha value is -0.800. The predicted octanol–water partition coefficient (Wildman–Crippen LogP) is 2.57. The fourth-order valence-electron chi connectivity index (χ4n) is 1.31. The van der Waals surface area contributed by atoms with E-state index >= 15 is 0 Å². The normalized spacial score (nSPS) is 12.9. The minimum atomic E-state index is 0.277. The van der Waals surface area contributed by atoms with Crippen molar-refractivity contribution in [3.63, 3.8) is 0 Å². The largest absolute Gasteiger partial charge is 0.467 e. The van der Waals surface area contributed by atoms with Crippen LogP contribution in [-0.2, 0) is 11.3 Å². The molecule has 0 fully saturated rings. The molecule has 0 aliphatic carbocycles. The summed E-state index contributed by atoms with van der Waals surface area (Å²) in [4.78, 5) is 0. The molecule has 1 aromatic rings. The molecule has 0 aromatic carbocycles. The zero-order chi connectivity index (χ0) is 10.9. The summed E-state index contributed by atoms with van der Waals surface area (Å²) in [6, 6.07) is 3.81. The second kappa shape index (κ2) is 7.49. The van der Waals surface area contributed by atoms with Crippen molar-refractivity contribution in [1.82, 2.24) is 5.32 Å². The van der Waals surface area contributed by atoms with E-state index in [1.54, 1.807) is 6.26 Å². The van der Waals surface area contributed by atoms with Crippen molar-refractivity contribution in [3.05, 3.63) is 24.2 Å². The molecule has 3 heteroatoms. The van der Waals surface area contributed by atoms with E-state index in [4.69, 9.17) is 9.15 Å². The van der Waals surface area contributed by atoms with E-state index in [0.29, 0.717) is 6.61 Å². The average molecular weight is 211 g/mol. The molecule has 1 aromatic heterocycles. The minimum Gasteiger partial charge on any atom is -0.467 e. The van der Waals surface area contributed by atoms with Gasteiger partial charge in [0.25, 0.3) is 0 Å². The van der Waals surface area contributed by atoms with Gasteiger partial charge in [0.15, 0.2) is 0 Å². The van der Waals surface area contributed by atoms with Gasteiger partial charge in [-0.3, -0.25) is 0 Å². The van der Waals surface area contributed by atoms with Crippen LogP contribution in [-0.4, -0.2) is 19.2 Å².